The third-order valence-corrected chi connectivity index (χ3v) is 6.65. The Hall–Kier alpha value is -3.16. The number of methoxy groups -OCH3 is 1. The van der Waals surface area contributed by atoms with Crippen molar-refractivity contribution in [2.45, 2.75) is 31.8 Å². The van der Waals surface area contributed by atoms with E-state index in [9.17, 15) is 8.42 Å². The first kappa shape index (κ1) is 21.1. The third-order valence-electron chi connectivity index (χ3n) is 5.22. The van der Waals surface area contributed by atoms with E-state index in [2.05, 4.69) is 45.5 Å². The summed E-state index contributed by atoms with van der Waals surface area (Å²) in [6.45, 7) is 4.57. The summed E-state index contributed by atoms with van der Waals surface area (Å²) in [6, 6.07) is 21.2. The summed E-state index contributed by atoms with van der Waals surface area (Å²) in [7, 11) is -2.32. The molecule has 0 fully saturated rings. The number of hydrogen-bond acceptors (Lipinski definition) is 4. The quantitative estimate of drug-likeness (QED) is 0.472. The van der Waals surface area contributed by atoms with Crippen LogP contribution in [0.3, 0.4) is 0 Å². The number of hydrogen-bond donors (Lipinski definition) is 1. The summed E-state index contributed by atoms with van der Waals surface area (Å²) < 4.78 is 36.1. The van der Waals surface area contributed by atoms with E-state index in [0.717, 1.165) is 22.2 Å². The molecule has 1 heterocycles. The molecule has 7 heteroatoms. The molecule has 0 saturated carbocycles. The number of ether oxygens (including phenoxy) is 1. The van der Waals surface area contributed by atoms with E-state index >= 15 is 0 Å². The van der Waals surface area contributed by atoms with Gasteiger partial charge in [-0.3, -0.25) is 0 Å². The minimum Gasteiger partial charge on any atom is -0.495 e. The topological polar surface area (TPSA) is 73.2 Å². The van der Waals surface area contributed by atoms with Crippen LogP contribution in [0, 0.1) is 13.8 Å². The van der Waals surface area contributed by atoms with Gasteiger partial charge in [0.05, 0.1) is 24.7 Å². The number of aryl methyl sites for hydroxylation is 2. The van der Waals surface area contributed by atoms with Gasteiger partial charge in [-0.1, -0.05) is 48.0 Å². The second kappa shape index (κ2) is 8.53. The molecule has 160 valence electrons. The Balaban J connectivity index is 1.67. The average Bonchev–Trinajstić information content (AvgIpc) is 3.11. The van der Waals surface area contributed by atoms with Crippen molar-refractivity contribution in [1.82, 2.24) is 14.3 Å². The van der Waals surface area contributed by atoms with Gasteiger partial charge in [-0.15, -0.1) is 0 Å². The molecule has 0 amide bonds. The first-order valence-corrected chi connectivity index (χ1v) is 11.5. The van der Waals surface area contributed by atoms with E-state index in [-0.39, 0.29) is 11.4 Å². The smallest absolute Gasteiger partial charge is 0.244 e. The molecule has 6 nitrogen and oxygen atoms in total. The number of rotatable bonds is 7. The Kier molecular flexibility index (Phi) is 5.80. The van der Waals surface area contributed by atoms with Crippen LogP contribution in [0.5, 0.6) is 5.75 Å². The van der Waals surface area contributed by atoms with Crippen LogP contribution in [0.2, 0.25) is 0 Å². The highest BCUT2D eigenvalue weighted by molar-refractivity contribution is 7.89. The Labute approximate surface area is 182 Å². The largest absolute Gasteiger partial charge is 0.495 e. The van der Waals surface area contributed by atoms with Gasteiger partial charge in [0, 0.05) is 6.54 Å². The van der Waals surface area contributed by atoms with Gasteiger partial charge in [0.15, 0.2) is 0 Å². The predicted octanol–water partition coefficient (Wildman–Crippen LogP) is 4.19. The van der Waals surface area contributed by atoms with E-state index in [1.54, 1.807) is 12.1 Å². The molecule has 0 aliphatic carbocycles. The molecule has 0 atom stereocenters. The number of fused-ring (bicyclic) bond motifs is 1. The SMILES string of the molecule is COc1ccc(C)cc1S(=O)(=O)NCc1nc2ccccc2n1Cc1ccc(C)cc1. The van der Waals surface area contributed by atoms with E-state index in [4.69, 9.17) is 4.74 Å². The van der Waals surface area contributed by atoms with E-state index < -0.39 is 10.0 Å². The van der Waals surface area contributed by atoms with Crippen molar-refractivity contribution in [3.8, 4) is 5.75 Å². The average molecular weight is 436 g/mol. The van der Waals surface area contributed by atoms with Crippen molar-refractivity contribution in [3.63, 3.8) is 0 Å². The molecule has 31 heavy (non-hydrogen) atoms. The molecular weight excluding hydrogens is 410 g/mol. The number of aromatic nitrogens is 2. The highest BCUT2D eigenvalue weighted by Crippen LogP contribution is 2.25. The Bertz CT molecular complexity index is 1330. The van der Waals surface area contributed by atoms with Gasteiger partial charge in [-0.05, 0) is 49.2 Å². The van der Waals surface area contributed by atoms with Crippen molar-refractivity contribution in [2.24, 2.45) is 0 Å². The van der Waals surface area contributed by atoms with E-state index in [1.807, 2.05) is 37.3 Å². The minimum absolute atomic E-state index is 0.0694. The van der Waals surface area contributed by atoms with Crippen LogP contribution in [0.1, 0.15) is 22.5 Å². The van der Waals surface area contributed by atoms with E-state index in [1.165, 1.54) is 12.7 Å². The van der Waals surface area contributed by atoms with Crippen molar-refractivity contribution < 1.29 is 13.2 Å². The number of sulfonamides is 1. The van der Waals surface area contributed by atoms with Gasteiger partial charge in [0.2, 0.25) is 10.0 Å². The van der Waals surface area contributed by atoms with Crippen LogP contribution in [-0.2, 0) is 23.1 Å². The fourth-order valence-electron chi connectivity index (χ4n) is 3.54. The second-order valence-electron chi connectivity index (χ2n) is 7.57. The van der Waals surface area contributed by atoms with Gasteiger partial charge in [-0.2, -0.15) is 0 Å². The first-order valence-electron chi connectivity index (χ1n) is 10.0. The summed E-state index contributed by atoms with van der Waals surface area (Å²) >= 11 is 0. The molecule has 0 saturated heterocycles. The molecule has 0 unspecified atom stereocenters. The third kappa shape index (κ3) is 4.47. The van der Waals surface area contributed by atoms with Gasteiger partial charge in [0.25, 0.3) is 0 Å². The number of para-hydroxylation sites is 2. The highest BCUT2D eigenvalue weighted by atomic mass is 32.2. The summed E-state index contributed by atoms with van der Waals surface area (Å²) in [5, 5.41) is 0. The second-order valence-corrected chi connectivity index (χ2v) is 9.30. The zero-order valence-electron chi connectivity index (χ0n) is 17.8. The molecular formula is C24H25N3O3S. The predicted molar refractivity (Wildman–Crippen MR) is 122 cm³/mol. The molecule has 1 N–H and O–H groups in total. The van der Waals surface area contributed by atoms with Gasteiger partial charge in [0.1, 0.15) is 16.5 Å². The van der Waals surface area contributed by atoms with Crippen molar-refractivity contribution >= 4 is 21.1 Å². The number of nitrogens with one attached hydrogen (secondary N) is 1. The summed E-state index contributed by atoms with van der Waals surface area (Å²) in [5.74, 6) is 0.961. The maximum Gasteiger partial charge on any atom is 0.244 e. The molecule has 4 aromatic rings. The molecule has 0 aliphatic rings. The first-order chi connectivity index (χ1) is 14.9. The fraction of sp³-hybridized carbons (Fsp3) is 0.208. The Morgan fingerprint density at radius 3 is 2.42 bits per heavy atom. The standard InChI is InChI=1S/C24H25N3O3S/c1-17-8-11-19(12-9-17)16-27-21-7-5-4-6-20(21)26-24(27)15-25-31(28,29)23-14-18(2)10-13-22(23)30-3/h4-14,25H,15-16H2,1-3H3. The molecule has 0 aliphatic heterocycles. The maximum atomic E-state index is 13.0. The van der Waals surface area contributed by atoms with Gasteiger partial charge in [-0.25, -0.2) is 18.1 Å². The summed E-state index contributed by atoms with van der Waals surface area (Å²) in [5.41, 5.74) is 4.95. The Morgan fingerprint density at radius 1 is 0.968 bits per heavy atom. The zero-order valence-corrected chi connectivity index (χ0v) is 18.6. The number of nitrogens with zero attached hydrogens (tertiary/aromatic N) is 2. The molecule has 4 rings (SSSR count). The monoisotopic (exact) mass is 435 g/mol. The van der Waals surface area contributed by atoms with Crippen LogP contribution in [0.15, 0.2) is 71.6 Å². The van der Waals surface area contributed by atoms with Crippen LogP contribution in [0.25, 0.3) is 11.0 Å². The number of imidazole rings is 1. The lowest BCUT2D eigenvalue weighted by Crippen LogP contribution is -2.25. The summed E-state index contributed by atoms with van der Waals surface area (Å²) in [4.78, 5) is 4.81. The normalized spacial score (nSPS) is 11.7. The Morgan fingerprint density at radius 2 is 1.68 bits per heavy atom. The molecule has 3 aromatic carbocycles. The van der Waals surface area contributed by atoms with Crippen molar-refractivity contribution in [2.75, 3.05) is 7.11 Å². The van der Waals surface area contributed by atoms with Crippen LogP contribution in [0.4, 0.5) is 0 Å². The lowest BCUT2D eigenvalue weighted by molar-refractivity contribution is 0.402. The van der Waals surface area contributed by atoms with Crippen LogP contribution < -0.4 is 9.46 Å². The zero-order chi connectivity index (χ0) is 22.0. The number of benzene rings is 3. The van der Waals surface area contributed by atoms with Gasteiger partial charge >= 0.3 is 0 Å². The van der Waals surface area contributed by atoms with Crippen molar-refractivity contribution in [3.05, 3.63) is 89.2 Å². The highest BCUT2D eigenvalue weighted by Gasteiger charge is 2.21. The lowest BCUT2D eigenvalue weighted by atomic mass is 10.1. The molecule has 0 spiro atoms. The minimum atomic E-state index is -3.78. The van der Waals surface area contributed by atoms with E-state index in [0.29, 0.717) is 18.1 Å². The molecule has 1 aromatic heterocycles. The van der Waals surface area contributed by atoms with Crippen molar-refractivity contribution in [1.29, 1.82) is 0 Å². The lowest BCUT2D eigenvalue weighted by Gasteiger charge is -2.13. The van der Waals surface area contributed by atoms with Crippen LogP contribution >= 0.6 is 0 Å². The molecule has 0 bridgehead atoms. The van der Waals surface area contributed by atoms with Crippen LogP contribution in [-0.4, -0.2) is 25.1 Å². The fourth-order valence-corrected chi connectivity index (χ4v) is 4.78. The molecule has 0 radical (unpaired) electrons. The maximum absolute atomic E-state index is 13.0. The van der Waals surface area contributed by atoms with Gasteiger partial charge < -0.3 is 9.30 Å². The summed E-state index contributed by atoms with van der Waals surface area (Å²) in [6.07, 6.45) is 0.